The van der Waals surface area contributed by atoms with Crippen LogP contribution in [0.1, 0.15) is 12.8 Å². The fourth-order valence-electron chi connectivity index (χ4n) is 1.76. The van der Waals surface area contributed by atoms with Crippen molar-refractivity contribution in [3.05, 3.63) is 17.0 Å². The summed E-state index contributed by atoms with van der Waals surface area (Å²) in [5.41, 5.74) is 0. The van der Waals surface area contributed by atoms with Gasteiger partial charge in [0.25, 0.3) is 0 Å². The minimum Gasteiger partial charge on any atom is -0.366 e. The third-order valence-electron chi connectivity index (χ3n) is 2.45. The van der Waals surface area contributed by atoms with E-state index in [-0.39, 0.29) is 11.8 Å². The first-order valence-electron chi connectivity index (χ1n) is 5.00. The molecule has 2 heterocycles. The minimum absolute atomic E-state index is 0.0412. The van der Waals surface area contributed by atoms with Gasteiger partial charge in [0.2, 0.25) is 0 Å². The van der Waals surface area contributed by atoms with Crippen LogP contribution >= 0.6 is 15.9 Å². The van der Waals surface area contributed by atoms with E-state index in [1.54, 1.807) is 6.07 Å². The van der Waals surface area contributed by atoms with E-state index in [9.17, 15) is 8.42 Å². The molecule has 1 aliphatic rings. The summed E-state index contributed by atoms with van der Waals surface area (Å²) in [7, 11) is -2.88. The molecule has 1 aliphatic heterocycles. The minimum atomic E-state index is -2.88. The van der Waals surface area contributed by atoms with Crippen molar-refractivity contribution in [3.63, 3.8) is 0 Å². The Morgan fingerprint density at radius 2 is 2.25 bits per heavy atom. The van der Waals surface area contributed by atoms with E-state index in [0.717, 1.165) is 6.42 Å². The van der Waals surface area contributed by atoms with E-state index in [0.29, 0.717) is 22.6 Å². The summed E-state index contributed by atoms with van der Waals surface area (Å²) in [6.45, 7) is 0. The van der Waals surface area contributed by atoms with Gasteiger partial charge in [-0.3, -0.25) is 0 Å². The zero-order valence-corrected chi connectivity index (χ0v) is 11.0. The maximum absolute atomic E-state index is 11.4. The zero-order valence-electron chi connectivity index (χ0n) is 8.56. The van der Waals surface area contributed by atoms with Crippen molar-refractivity contribution in [3.8, 4) is 0 Å². The summed E-state index contributed by atoms with van der Waals surface area (Å²) in [6.07, 6.45) is 3.01. The second-order valence-electron chi connectivity index (χ2n) is 3.82. The maximum Gasteiger partial charge on any atom is 0.152 e. The molecule has 0 bridgehead atoms. The van der Waals surface area contributed by atoms with E-state index >= 15 is 0 Å². The van der Waals surface area contributed by atoms with Gasteiger partial charge in [0.05, 0.1) is 11.5 Å². The number of halogens is 1. The van der Waals surface area contributed by atoms with Gasteiger partial charge in [-0.25, -0.2) is 18.4 Å². The number of sulfone groups is 1. The predicted octanol–water partition coefficient (Wildman–Crippen LogP) is 1.23. The van der Waals surface area contributed by atoms with Gasteiger partial charge in [-0.05, 0) is 28.8 Å². The Labute approximate surface area is 103 Å². The molecule has 0 spiro atoms. The van der Waals surface area contributed by atoms with E-state index in [4.69, 9.17) is 0 Å². The number of aromatic nitrogens is 2. The number of rotatable bonds is 2. The van der Waals surface area contributed by atoms with E-state index in [1.165, 1.54) is 6.33 Å². The van der Waals surface area contributed by atoms with Crippen LogP contribution in [-0.4, -0.2) is 35.9 Å². The average Bonchev–Trinajstić information content (AvgIpc) is 2.15. The fourth-order valence-corrected chi connectivity index (χ4v) is 3.70. The van der Waals surface area contributed by atoms with E-state index in [2.05, 4.69) is 31.2 Å². The molecule has 16 heavy (non-hydrogen) atoms. The van der Waals surface area contributed by atoms with Crippen molar-refractivity contribution in [1.82, 2.24) is 9.97 Å². The van der Waals surface area contributed by atoms with Crippen LogP contribution in [0.25, 0.3) is 0 Å². The Morgan fingerprint density at radius 1 is 1.44 bits per heavy atom. The van der Waals surface area contributed by atoms with Crippen molar-refractivity contribution in [2.75, 3.05) is 16.8 Å². The second-order valence-corrected chi connectivity index (χ2v) is 6.87. The summed E-state index contributed by atoms with van der Waals surface area (Å²) in [4.78, 5) is 7.94. The van der Waals surface area contributed by atoms with E-state index < -0.39 is 9.84 Å². The lowest BCUT2D eigenvalue weighted by atomic mass is 10.2. The maximum atomic E-state index is 11.4. The van der Waals surface area contributed by atoms with Crippen LogP contribution in [0.5, 0.6) is 0 Å². The SMILES string of the molecule is O=S1(=O)CCCC(Nc2cc(Br)ncn2)C1. The number of hydrogen-bond donors (Lipinski definition) is 1. The first-order chi connectivity index (χ1) is 7.55. The van der Waals surface area contributed by atoms with Gasteiger partial charge in [0.15, 0.2) is 9.84 Å². The van der Waals surface area contributed by atoms with Crippen LogP contribution in [0.2, 0.25) is 0 Å². The molecule has 0 radical (unpaired) electrons. The molecule has 5 nitrogen and oxygen atoms in total. The molecule has 1 unspecified atom stereocenters. The van der Waals surface area contributed by atoms with Crippen LogP contribution in [0.4, 0.5) is 5.82 Å². The van der Waals surface area contributed by atoms with Gasteiger partial charge in [0.1, 0.15) is 16.7 Å². The lowest BCUT2D eigenvalue weighted by Crippen LogP contribution is -2.35. The first kappa shape index (κ1) is 11.8. The van der Waals surface area contributed by atoms with E-state index in [1.807, 2.05) is 0 Å². The number of nitrogens with one attached hydrogen (secondary N) is 1. The molecule has 7 heteroatoms. The molecule has 0 aliphatic carbocycles. The van der Waals surface area contributed by atoms with Crippen LogP contribution < -0.4 is 5.32 Å². The van der Waals surface area contributed by atoms with Gasteiger partial charge < -0.3 is 5.32 Å². The third kappa shape index (κ3) is 3.15. The molecular formula is C9H12BrN3O2S. The molecule has 0 amide bonds. The molecular weight excluding hydrogens is 294 g/mol. The molecule has 0 saturated carbocycles. The lowest BCUT2D eigenvalue weighted by Gasteiger charge is -2.23. The predicted molar refractivity (Wildman–Crippen MR) is 65.0 cm³/mol. The topological polar surface area (TPSA) is 72.0 Å². The monoisotopic (exact) mass is 305 g/mol. The fraction of sp³-hybridized carbons (Fsp3) is 0.556. The zero-order chi connectivity index (χ0) is 11.6. The summed E-state index contributed by atoms with van der Waals surface area (Å²) >= 11 is 3.24. The standard InChI is InChI=1S/C9H12BrN3O2S/c10-8-4-9(12-6-11-8)13-7-2-1-3-16(14,15)5-7/h4,6-7H,1-3,5H2,(H,11,12,13). The van der Waals surface area contributed by atoms with Crippen molar-refractivity contribution >= 4 is 31.6 Å². The van der Waals surface area contributed by atoms with Gasteiger partial charge in [0, 0.05) is 12.1 Å². The van der Waals surface area contributed by atoms with Crippen LogP contribution in [-0.2, 0) is 9.84 Å². The Bertz CT molecular complexity index is 477. The van der Waals surface area contributed by atoms with Gasteiger partial charge in [-0.1, -0.05) is 0 Å². The smallest absolute Gasteiger partial charge is 0.152 e. The molecule has 88 valence electrons. The van der Waals surface area contributed by atoms with Crippen molar-refractivity contribution in [2.45, 2.75) is 18.9 Å². The third-order valence-corrected chi connectivity index (χ3v) is 4.70. The molecule has 1 fully saturated rings. The van der Waals surface area contributed by atoms with Crippen LogP contribution in [0.3, 0.4) is 0 Å². The lowest BCUT2D eigenvalue weighted by molar-refractivity contribution is 0.561. The van der Waals surface area contributed by atoms with Gasteiger partial charge in [-0.2, -0.15) is 0 Å². The number of nitrogens with zero attached hydrogens (tertiary/aromatic N) is 2. The average molecular weight is 306 g/mol. The Morgan fingerprint density at radius 3 is 2.94 bits per heavy atom. The summed E-state index contributed by atoms with van der Waals surface area (Å²) < 4.78 is 23.6. The summed E-state index contributed by atoms with van der Waals surface area (Å²) in [6, 6.07) is 1.70. The number of hydrogen-bond acceptors (Lipinski definition) is 5. The molecule has 1 N–H and O–H groups in total. The highest BCUT2D eigenvalue weighted by Crippen LogP contribution is 2.17. The van der Waals surface area contributed by atoms with Crippen LogP contribution in [0, 0.1) is 0 Å². The molecule has 0 aromatic carbocycles. The molecule has 1 saturated heterocycles. The molecule has 1 atom stereocenters. The van der Waals surface area contributed by atoms with Gasteiger partial charge >= 0.3 is 0 Å². The van der Waals surface area contributed by atoms with Crippen molar-refractivity contribution < 1.29 is 8.42 Å². The highest BCUT2D eigenvalue weighted by molar-refractivity contribution is 9.10. The molecule has 1 aromatic heterocycles. The highest BCUT2D eigenvalue weighted by atomic mass is 79.9. The Kier molecular flexibility index (Phi) is 3.44. The largest absolute Gasteiger partial charge is 0.366 e. The molecule has 1 aromatic rings. The summed E-state index contributed by atoms with van der Waals surface area (Å²) in [5.74, 6) is 1.15. The number of anilines is 1. The van der Waals surface area contributed by atoms with Crippen LogP contribution in [0.15, 0.2) is 17.0 Å². The molecule has 2 rings (SSSR count). The highest BCUT2D eigenvalue weighted by Gasteiger charge is 2.24. The first-order valence-corrected chi connectivity index (χ1v) is 7.61. The summed E-state index contributed by atoms with van der Waals surface area (Å²) in [5, 5.41) is 3.12. The Hall–Kier alpha value is -0.690. The van der Waals surface area contributed by atoms with Crippen molar-refractivity contribution in [1.29, 1.82) is 0 Å². The second kappa shape index (κ2) is 4.67. The van der Waals surface area contributed by atoms with Crippen molar-refractivity contribution in [2.24, 2.45) is 0 Å². The Balaban J connectivity index is 2.05. The van der Waals surface area contributed by atoms with Gasteiger partial charge in [-0.15, -0.1) is 0 Å². The normalized spacial score (nSPS) is 23.9. The quantitative estimate of drug-likeness (QED) is 0.832.